The number of likely N-dealkylation sites (N-methyl/N-ethyl adjacent to an activating group) is 1. The third-order valence-corrected chi connectivity index (χ3v) is 2.63. The summed E-state index contributed by atoms with van der Waals surface area (Å²) in [7, 11) is 1.55. The lowest BCUT2D eigenvalue weighted by Gasteiger charge is -2.20. The molecule has 0 aromatic heterocycles. The fourth-order valence-electron chi connectivity index (χ4n) is 1.62. The summed E-state index contributed by atoms with van der Waals surface area (Å²) in [5.74, 6) is 0.414. The second-order valence-electron chi connectivity index (χ2n) is 4.23. The van der Waals surface area contributed by atoms with Gasteiger partial charge in [-0.15, -0.1) is 0 Å². The molecule has 0 aliphatic heterocycles. The molecule has 0 saturated heterocycles. The van der Waals surface area contributed by atoms with E-state index in [1.54, 1.807) is 7.05 Å². The molecule has 0 rings (SSSR count). The van der Waals surface area contributed by atoms with Crippen LogP contribution in [0.2, 0.25) is 0 Å². The Labute approximate surface area is 113 Å². The van der Waals surface area contributed by atoms with E-state index in [0.29, 0.717) is 12.5 Å². The summed E-state index contributed by atoms with van der Waals surface area (Å²) in [4.78, 5) is 6.16. The van der Waals surface area contributed by atoms with Crippen molar-refractivity contribution in [1.82, 2.24) is 15.5 Å². The molecule has 7 heteroatoms. The van der Waals surface area contributed by atoms with Crippen LogP contribution in [0.5, 0.6) is 0 Å². The van der Waals surface area contributed by atoms with Crippen LogP contribution in [-0.4, -0.2) is 56.8 Å². The number of guanidine groups is 1. The highest BCUT2D eigenvalue weighted by Crippen LogP contribution is 2.17. The fraction of sp³-hybridized carbons (Fsp3) is 0.917. The highest BCUT2D eigenvalue weighted by atomic mass is 19.4. The smallest absolute Gasteiger partial charge is 0.356 e. The zero-order valence-corrected chi connectivity index (χ0v) is 12.0. The monoisotopic (exact) mass is 282 g/mol. The number of nitrogens with one attached hydrogen (secondary N) is 2. The highest BCUT2D eigenvalue weighted by Gasteiger charge is 2.26. The average Bonchev–Trinajstić information content (AvgIpc) is 2.34. The Morgan fingerprint density at radius 1 is 1.11 bits per heavy atom. The summed E-state index contributed by atoms with van der Waals surface area (Å²) in [5, 5.41) is 5.66. The summed E-state index contributed by atoms with van der Waals surface area (Å²) < 4.78 is 36.0. The van der Waals surface area contributed by atoms with Crippen LogP contribution in [0, 0.1) is 0 Å². The van der Waals surface area contributed by atoms with Crippen LogP contribution in [0.4, 0.5) is 13.2 Å². The third kappa shape index (κ3) is 10.6. The van der Waals surface area contributed by atoms with E-state index in [2.05, 4.69) is 34.4 Å². The lowest BCUT2D eigenvalue weighted by molar-refractivity contribution is -0.132. The van der Waals surface area contributed by atoms with E-state index >= 15 is 0 Å². The third-order valence-electron chi connectivity index (χ3n) is 2.63. The number of halogens is 3. The second kappa shape index (κ2) is 9.89. The van der Waals surface area contributed by atoms with E-state index in [4.69, 9.17) is 0 Å². The molecule has 2 N–H and O–H groups in total. The van der Waals surface area contributed by atoms with Crippen molar-refractivity contribution >= 4 is 5.96 Å². The minimum absolute atomic E-state index is 0.157. The lowest BCUT2D eigenvalue weighted by Crippen LogP contribution is -2.42. The van der Waals surface area contributed by atoms with Gasteiger partial charge in [-0.05, 0) is 19.5 Å². The number of nitrogens with zero attached hydrogens (tertiary/aromatic N) is 2. The molecule has 0 aromatic carbocycles. The maximum absolute atomic E-state index is 12.0. The Hall–Kier alpha value is -0.980. The van der Waals surface area contributed by atoms with Gasteiger partial charge in [0.15, 0.2) is 5.96 Å². The molecule has 0 amide bonds. The zero-order chi connectivity index (χ0) is 14.7. The van der Waals surface area contributed by atoms with Gasteiger partial charge in [0.25, 0.3) is 0 Å². The summed E-state index contributed by atoms with van der Waals surface area (Å²) in [6, 6.07) is 0. The van der Waals surface area contributed by atoms with Crippen LogP contribution >= 0.6 is 0 Å². The molecular weight excluding hydrogens is 257 g/mol. The van der Waals surface area contributed by atoms with Crippen molar-refractivity contribution in [3.05, 3.63) is 0 Å². The predicted molar refractivity (Wildman–Crippen MR) is 72.4 cm³/mol. The maximum atomic E-state index is 12.0. The average molecular weight is 282 g/mol. The van der Waals surface area contributed by atoms with E-state index in [0.717, 1.165) is 26.1 Å². The van der Waals surface area contributed by atoms with Crippen molar-refractivity contribution in [1.29, 1.82) is 0 Å². The van der Waals surface area contributed by atoms with Crippen molar-refractivity contribution in [2.75, 3.05) is 39.8 Å². The van der Waals surface area contributed by atoms with Crippen LogP contribution < -0.4 is 10.6 Å². The molecule has 114 valence electrons. The van der Waals surface area contributed by atoms with Gasteiger partial charge < -0.3 is 15.5 Å². The van der Waals surface area contributed by atoms with E-state index in [-0.39, 0.29) is 6.54 Å². The number of hydrogen-bond acceptors (Lipinski definition) is 2. The Morgan fingerprint density at radius 2 is 1.74 bits per heavy atom. The Morgan fingerprint density at radius 3 is 2.21 bits per heavy atom. The molecule has 4 nitrogen and oxygen atoms in total. The fourth-order valence-corrected chi connectivity index (χ4v) is 1.62. The molecule has 0 aliphatic rings. The summed E-state index contributed by atoms with van der Waals surface area (Å²) in [6.45, 7) is 7.56. The molecule has 0 aliphatic carbocycles. The van der Waals surface area contributed by atoms with Gasteiger partial charge >= 0.3 is 6.18 Å². The minimum atomic E-state index is -4.13. The van der Waals surface area contributed by atoms with Crippen LogP contribution in [0.15, 0.2) is 4.99 Å². The van der Waals surface area contributed by atoms with Crippen LogP contribution in [0.25, 0.3) is 0 Å². The van der Waals surface area contributed by atoms with Crippen LogP contribution in [0.3, 0.4) is 0 Å². The molecular formula is C12H25F3N4. The molecule has 19 heavy (non-hydrogen) atoms. The molecule has 0 bridgehead atoms. The summed E-state index contributed by atoms with van der Waals surface area (Å²) in [6.07, 6.45) is -3.90. The van der Waals surface area contributed by atoms with Crippen LogP contribution in [-0.2, 0) is 0 Å². The van der Waals surface area contributed by atoms with E-state index in [9.17, 15) is 13.2 Å². The van der Waals surface area contributed by atoms with Gasteiger partial charge in [-0.25, -0.2) is 0 Å². The molecule has 0 fully saturated rings. The number of alkyl halides is 3. The molecule has 0 radical (unpaired) electrons. The van der Waals surface area contributed by atoms with E-state index in [1.165, 1.54) is 0 Å². The number of rotatable bonds is 8. The largest absolute Gasteiger partial charge is 0.390 e. The summed E-state index contributed by atoms with van der Waals surface area (Å²) in [5.41, 5.74) is 0. The SMILES string of the molecule is CCCN(CC)CCNC(=NC)NCCC(F)(F)F. The van der Waals surface area contributed by atoms with Gasteiger partial charge in [0.05, 0.1) is 6.42 Å². The minimum Gasteiger partial charge on any atom is -0.356 e. The Balaban J connectivity index is 3.82. The first kappa shape index (κ1) is 18.0. The molecule has 0 saturated carbocycles. The highest BCUT2D eigenvalue weighted by molar-refractivity contribution is 5.79. The predicted octanol–water partition coefficient (Wildman–Crippen LogP) is 1.84. The molecule has 0 spiro atoms. The number of hydrogen-bond donors (Lipinski definition) is 2. The molecule has 0 atom stereocenters. The second-order valence-corrected chi connectivity index (χ2v) is 4.23. The van der Waals surface area contributed by atoms with Crippen molar-refractivity contribution < 1.29 is 13.2 Å². The summed E-state index contributed by atoms with van der Waals surface area (Å²) >= 11 is 0. The quantitative estimate of drug-likeness (QED) is 0.527. The van der Waals surface area contributed by atoms with Crippen molar-refractivity contribution in [2.24, 2.45) is 4.99 Å². The topological polar surface area (TPSA) is 39.7 Å². The standard InChI is InChI=1S/C12H25F3N4/c1-4-9-19(5-2)10-8-18-11(16-3)17-7-6-12(13,14)15/h4-10H2,1-3H3,(H2,16,17,18). The van der Waals surface area contributed by atoms with Gasteiger partial charge in [0, 0.05) is 26.7 Å². The van der Waals surface area contributed by atoms with Gasteiger partial charge in [-0.1, -0.05) is 13.8 Å². The van der Waals surface area contributed by atoms with Gasteiger partial charge in [0.1, 0.15) is 0 Å². The normalized spacial score (nSPS) is 12.9. The first-order valence-corrected chi connectivity index (χ1v) is 6.66. The van der Waals surface area contributed by atoms with Crippen molar-refractivity contribution in [2.45, 2.75) is 32.9 Å². The Kier molecular flexibility index (Phi) is 9.38. The maximum Gasteiger partial charge on any atom is 0.390 e. The van der Waals surface area contributed by atoms with Gasteiger partial charge in [-0.3, -0.25) is 4.99 Å². The Bertz CT molecular complexity index is 254. The zero-order valence-electron chi connectivity index (χ0n) is 12.0. The van der Waals surface area contributed by atoms with Crippen molar-refractivity contribution in [3.63, 3.8) is 0 Å². The lowest BCUT2D eigenvalue weighted by atomic mass is 10.4. The molecule has 0 aromatic rings. The first-order valence-electron chi connectivity index (χ1n) is 6.66. The molecule has 0 unspecified atom stereocenters. The van der Waals surface area contributed by atoms with E-state index < -0.39 is 12.6 Å². The van der Waals surface area contributed by atoms with Gasteiger partial charge in [0.2, 0.25) is 0 Å². The first-order chi connectivity index (χ1) is 8.92. The van der Waals surface area contributed by atoms with Crippen molar-refractivity contribution in [3.8, 4) is 0 Å². The van der Waals surface area contributed by atoms with E-state index in [1.807, 2.05) is 0 Å². The van der Waals surface area contributed by atoms with Crippen LogP contribution in [0.1, 0.15) is 26.7 Å². The number of aliphatic imine (C=N–C) groups is 1. The van der Waals surface area contributed by atoms with Gasteiger partial charge in [-0.2, -0.15) is 13.2 Å². The molecule has 0 heterocycles.